The van der Waals surface area contributed by atoms with E-state index in [1.165, 1.54) is 12.4 Å². The van der Waals surface area contributed by atoms with Crippen LogP contribution in [0.4, 0.5) is 0 Å². The summed E-state index contributed by atoms with van der Waals surface area (Å²) in [7, 11) is 1.78. The number of carbonyl (C=O) groups excluding carboxylic acids is 1. The van der Waals surface area contributed by atoms with Crippen LogP contribution < -0.4 is 4.73 Å². The van der Waals surface area contributed by atoms with Crippen LogP contribution in [0.15, 0.2) is 24.5 Å². The summed E-state index contributed by atoms with van der Waals surface area (Å²) in [6, 6.07) is 3.50. The number of carbonyl (C=O) groups is 1. The van der Waals surface area contributed by atoms with Gasteiger partial charge in [-0.1, -0.05) is 0 Å². The van der Waals surface area contributed by atoms with Gasteiger partial charge >= 0.3 is 0 Å². The lowest BCUT2D eigenvalue weighted by Gasteiger charge is -1.99. The minimum atomic E-state index is 0.232. The molecular weight excluding hydrogens is 208 g/mol. The Morgan fingerprint density at radius 1 is 1.56 bits per heavy atom. The summed E-state index contributed by atoms with van der Waals surface area (Å²) in [5.41, 5.74) is 0.733. The van der Waals surface area contributed by atoms with Gasteiger partial charge in [-0.3, -0.25) is 5.21 Å². The number of aromatic nitrogens is 4. The Balaban J connectivity index is 2.44. The topological polar surface area (TPSA) is 71.9 Å². The maximum atomic E-state index is 10.4. The molecule has 16 heavy (non-hydrogen) atoms. The highest BCUT2D eigenvalue weighted by Gasteiger charge is 2.12. The van der Waals surface area contributed by atoms with Gasteiger partial charge in [0, 0.05) is 17.8 Å². The van der Waals surface area contributed by atoms with Crippen molar-refractivity contribution in [2.24, 2.45) is 7.05 Å². The van der Waals surface area contributed by atoms with Crippen molar-refractivity contribution in [3.8, 4) is 11.4 Å². The van der Waals surface area contributed by atoms with E-state index in [0.717, 1.165) is 16.6 Å². The fourth-order valence-corrected chi connectivity index (χ4v) is 1.46. The van der Waals surface area contributed by atoms with Gasteiger partial charge in [0.25, 0.3) is 0 Å². The highest BCUT2D eigenvalue weighted by atomic mass is 16.5. The molecule has 0 bridgehead atoms. The van der Waals surface area contributed by atoms with E-state index in [-0.39, 0.29) is 6.42 Å². The molecule has 2 aromatic rings. The van der Waals surface area contributed by atoms with Gasteiger partial charge in [0.2, 0.25) is 12.4 Å². The summed E-state index contributed by atoms with van der Waals surface area (Å²) in [5.74, 6) is 1.21. The summed E-state index contributed by atoms with van der Waals surface area (Å²) in [6.07, 6.45) is 4.04. The quantitative estimate of drug-likeness (QED) is 0.439. The first-order valence-corrected chi connectivity index (χ1v) is 4.75. The van der Waals surface area contributed by atoms with Crippen LogP contribution in [0.25, 0.3) is 11.4 Å². The van der Waals surface area contributed by atoms with Crippen molar-refractivity contribution in [1.82, 2.24) is 14.8 Å². The molecule has 6 heteroatoms. The van der Waals surface area contributed by atoms with Gasteiger partial charge in [0.15, 0.2) is 5.82 Å². The highest BCUT2D eigenvalue weighted by molar-refractivity contribution is 5.56. The first kappa shape index (κ1) is 10.3. The molecule has 0 fully saturated rings. The normalized spacial score (nSPS) is 10.3. The maximum Gasteiger partial charge on any atom is 0.233 e. The largest absolute Gasteiger partial charge is 0.314 e. The first-order chi connectivity index (χ1) is 7.72. The smallest absolute Gasteiger partial charge is 0.233 e. The van der Waals surface area contributed by atoms with E-state index in [9.17, 15) is 10.0 Å². The number of hydrogen-bond acceptors (Lipinski definition) is 4. The lowest BCUT2D eigenvalue weighted by atomic mass is 10.2. The second-order valence-electron chi connectivity index (χ2n) is 3.34. The molecule has 82 valence electrons. The van der Waals surface area contributed by atoms with E-state index >= 15 is 0 Å². The van der Waals surface area contributed by atoms with E-state index in [0.29, 0.717) is 11.6 Å². The molecule has 0 radical (unpaired) electrons. The molecule has 0 unspecified atom stereocenters. The third-order valence-corrected chi connectivity index (χ3v) is 2.28. The number of pyridine rings is 1. The molecule has 0 saturated heterocycles. The molecule has 0 aromatic carbocycles. The minimum Gasteiger partial charge on any atom is -0.314 e. The Hall–Kier alpha value is -2.24. The molecule has 0 aliphatic rings. The zero-order valence-electron chi connectivity index (χ0n) is 8.74. The number of hydrogen-bond donors (Lipinski definition) is 1. The Kier molecular flexibility index (Phi) is 2.63. The molecule has 1 N–H and O–H groups in total. The van der Waals surface area contributed by atoms with Crippen molar-refractivity contribution < 1.29 is 14.7 Å². The maximum absolute atomic E-state index is 10.4. The Bertz CT molecular complexity index is 521. The van der Waals surface area contributed by atoms with Crippen molar-refractivity contribution >= 4 is 6.29 Å². The van der Waals surface area contributed by atoms with Crippen molar-refractivity contribution in [1.29, 1.82) is 0 Å². The van der Waals surface area contributed by atoms with Gasteiger partial charge < -0.3 is 9.36 Å². The van der Waals surface area contributed by atoms with Gasteiger partial charge in [0.1, 0.15) is 12.1 Å². The van der Waals surface area contributed by atoms with E-state index in [1.54, 1.807) is 23.7 Å². The van der Waals surface area contributed by atoms with Crippen molar-refractivity contribution in [2.75, 3.05) is 0 Å². The van der Waals surface area contributed by atoms with Crippen molar-refractivity contribution in [2.45, 2.75) is 6.42 Å². The van der Waals surface area contributed by atoms with Crippen molar-refractivity contribution in [3.05, 3.63) is 30.4 Å². The predicted molar refractivity (Wildman–Crippen MR) is 53.6 cm³/mol. The summed E-state index contributed by atoms with van der Waals surface area (Å²) < 4.78 is 2.67. The Labute approximate surface area is 91.7 Å². The van der Waals surface area contributed by atoms with Crippen LogP contribution in [0.1, 0.15) is 5.82 Å². The van der Waals surface area contributed by atoms with Crippen molar-refractivity contribution in [3.63, 3.8) is 0 Å². The van der Waals surface area contributed by atoms with Gasteiger partial charge in [0.05, 0.1) is 12.0 Å². The molecule has 2 heterocycles. The van der Waals surface area contributed by atoms with Gasteiger partial charge in [-0.15, -0.1) is 10.2 Å². The fourth-order valence-electron chi connectivity index (χ4n) is 1.46. The zero-order valence-corrected chi connectivity index (χ0v) is 8.74. The number of rotatable bonds is 3. The molecule has 0 aliphatic carbocycles. The van der Waals surface area contributed by atoms with Crippen LogP contribution in [0, 0.1) is 0 Å². The van der Waals surface area contributed by atoms with Crippen LogP contribution in [0.2, 0.25) is 0 Å². The first-order valence-electron chi connectivity index (χ1n) is 4.75. The molecule has 0 spiro atoms. The fraction of sp³-hybridized carbons (Fsp3) is 0.200. The lowest BCUT2D eigenvalue weighted by molar-refractivity contribution is -0.904. The SMILES string of the molecule is Cn1c(CC=O)nnc1-c1ccc[n+](O)c1. The average Bonchev–Trinajstić information content (AvgIpc) is 2.61. The average molecular weight is 219 g/mol. The minimum absolute atomic E-state index is 0.232. The summed E-state index contributed by atoms with van der Waals surface area (Å²) in [4.78, 5) is 10.4. The summed E-state index contributed by atoms with van der Waals surface area (Å²) >= 11 is 0. The van der Waals surface area contributed by atoms with E-state index < -0.39 is 0 Å². The van der Waals surface area contributed by atoms with Gasteiger partial charge in [-0.05, 0) is 6.07 Å². The van der Waals surface area contributed by atoms with Crippen LogP contribution >= 0.6 is 0 Å². The molecule has 0 amide bonds. The van der Waals surface area contributed by atoms with Crippen LogP contribution in [0.3, 0.4) is 0 Å². The Morgan fingerprint density at radius 2 is 2.38 bits per heavy atom. The standard InChI is InChI=1S/C10H11N4O2/c1-13-9(4-6-15)11-12-10(13)8-3-2-5-14(16)7-8/h2-3,5-7,16H,4H2,1H3/q+1. The monoisotopic (exact) mass is 219 g/mol. The third kappa shape index (κ3) is 1.77. The predicted octanol–water partition coefficient (Wildman–Crippen LogP) is -0.252. The summed E-state index contributed by atoms with van der Waals surface area (Å²) in [5, 5.41) is 17.2. The Morgan fingerprint density at radius 3 is 3.06 bits per heavy atom. The number of aldehydes is 1. The second kappa shape index (κ2) is 4.09. The van der Waals surface area contributed by atoms with Gasteiger partial charge in [-0.25, -0.2) is 0 Å². The molecule has 0 aliphatic heterocycles. The number of nitrogens with zero attached hydrogens (tertiary/aromatic N) is 4. The lowest BCUT2D eigenvalue weighted by Crippen LogP contribution is -2.28. The second-order valence-corrected chi connectivity index (χ2v) is 3.34. The summed E-state index contributed by atoms with van der Waals surface area (Å²) in [6.45, 7) is 0. The van der Waals surface area contributed by atoms with E-state index in [4.69, 9.17) is 0 Å². The third-order valence-electron chi connectivity index (χ3n) is 2.28. The molecule has 6 nitrogen and oxygen atoms in total. The zero-order chi connectivity index (χ0) is 11.5. The molecule has 2 rings (SSSR count). The highest BCUT2D eigenvalue weighted by Crippen LogP contribution is 2.14. The molecular formula is C10H11N4O2+. The van der Waals surface area contributed by atoms with E-state index in [2.05, 4.69) is 10.2 Å². The molecule has 0 saturated carbocycles. The van der Waals surface area contributed by atoms with Gasteiger partial charge in [-0.2, -0.15) is 0 Å². The molecule has 0 atom stereocenters. The van der Waals surface area contributed by atoms with Crippen LogP contribution in [0.5, 0.6) is 0 Å². The van der Waals surface area contributed by atoms with E-state index in [1.807, 2.05) is 0 Å². The van der Waals surface area contributed by atoms with Crippen LogP contribution in [-0.4, -0.2) is 26.3 Å². The van der Waals surface area contributed by atoms with Crippen LogP contribution in [-0.2, 0) is 18.3 Å². The molecule has 2 aromatic heterocycles.